The van der Waals surface area contributed by atoms with Crippen molar-refractivity contribution in [2.75, 3.05) is 26.2 Å². The number of alkyl halides is 2. The molecule has 27 heavy (non-hydrogen) atoms. The van der Waals surface area contributed by atoms with Crippen LogP contribution in [0.15, 0.2) is 30.7 Å². The molecule has 1 fully saturated rings. The van der Waals surface area contributed by atoms with E-state index in [4.69, 9.17) is 10.5 Å². The highest BCUT2D eigenvalue weighted by Crippen LogP contribution is 2.27. The van der Waals surface area contributed by atoms with Crippen LogP contribution in [0.3, 0.4) is 0 Å². The molecule has 2 aromatic rings. The van der Waals surface area contributed by atoms with E-state index in [9.17, 15) is 13.6 Å². The van der Waals surface area contributed by atoms with Crippen LogP contribution in [0.4, 0.5) is 8.78 Å². The summed E-state index contributed by atoms with van der Waals surface area (Å²) in [6.07, 6.45) is 5.04. The number of nitrogens with zero attached hydrogens (tertiary/aromatic N) is 4. The Morgan fingerprint density at radius 2 is 1.96 bits per heavy atom. The van der Waals surface area contributed by atoms with Gasteiger partial charge in [-0.25, -0.2) is 18.7 Å². The molecule has 1 aliphatic rings. The van der Waals surface area contributed by atoms with Crippen molar-refractivity contribution in [2.45, 2.75) is 25.2 Å². The normalized spacial score (nSPS) is 16.8. The van der Waals surface area contributed by atoms with Crippen LogP contribution >= 0.6 is 0 Å². The first-order valence-electron chi connectivity index (χ1n) is 8.74. The second kappa shape index (κ2) is 8.34. The van der Waals surface area contributed by atoms with E-state index in [1.54, 1.807) is 6.07 Å². The summed E-state index contributed by atoms with van der Waals surface area (Å²) in [6.45, 7) is 1.97. The number of nitrogens with two attached hydrogens (primary N) is 1. The van der Waals surface area contributed by atoms with Gasteiger partial charge in [-0.1, -0.05) is 0 Å². The van der Waals surface area contributed by atoms with Gasteiger partial charge in [0.2, 0.25) is 11.8 Å². The van der Waals surface area contributed by atoms with E-state index in [2.05, 4.69) is 15.0 Å². The van der Waals surface area contributed by atoms with Crippen molar-refractivity contribution in [1.29, 1.82) is 0 Å². The first-order valence-corrected chi connectivity index (χ1v) is 8.74. The number of hydrogen-bond donors (Lipinski definition) is 1. The van der Waals surface area contributed by atoms with Crippen molar-refractivity contribution in [3.05, 3.63) is 36.3 Å². The topological polar surface area (TPSA) is 94.2 Å². The summed E-state index contributed by atoms with van der Waals surface area (Å²) in [5.41, 5.74) is 6.59. The summed E-state index contributed by atoms with van der Waals surface area (Å²) in [5, 5.41) is 0. The van der Waals surface area contributed by atoms with Gasteiger partial charge in [0, 0.05) is 44.2 Å². The molecule has 0 bridgehead atoms. The van der Waals surface area contributed by atoms with E-state index in [1.807, 2.05) is 4.90 Å². The van der Waals surface area contributed by atoms with E-state index < -0.39 is 11.8 Å². The lowest BCUT2D eigenvalue weighted by Gasteiger charge is -2.31. The summed E-state index contributed by atoms with van der Waals surface area (Å²) in [7, 11) is 0. The highest BCUT2D eigenvalue weighted by Gasteiger charge is 2.33. The number of halogens is 2. The number of carbonyl (C=O) groups excluding carboxylic acids is 1. The second-order valence-electron chi connectivity index (χ2n) is 6.43. The predicted molar refractivity (Wildman–Crippen MR) is 94.5 cm³/mol. The summed E-state index contributed by atoms with van der Waals surface area (Å²) in [4.78, 5) is 25.8. The van der Waals surface area contributed by atoms with E-state index in [-0.39, 0.29) is 12.8 Å². The average molecular weight is 377 g/mol. The fourth-order valence-corrected chi connectivity index (χ4v) is 2.82. The zero-order valence-corrected chi connectivity index (χ0v) is 14.8. The highest BCUT2D eigenvalue weighted by molar-refractivity contribution is 5.93. The van der Waals surface area contributed by atoms with Gasteiger partial charge in [0.15, 0.2) is 0 Å². The number of hydrogen-bond acceptors (Lipinski definition) is 6. The van der Waals surface area contributed by atoms with Gasteiger partial charge in [-0.05, 0) is 18.6 Å². The molecule has 1 amide bonds. The standard InChI is InChI=1S/C18H21F2N5O2/c19-18(20)3-7-25(8-4-18)6-1-9-27-16-12-23-15(11-24-16)14-10-13(17(21)26)2-5-22-14/h2,5,10-12H,1,3-4,6-9H2,(H2,21,26). The third-order valence-electron chi connectivity index (χ3n) is 4.39. The van der Waals surface area contributed by atoms with Gasteiger partial charge in [0.1, 0.15) is 5.69 Å². The zero-order chi connectivity index (χ0) is 19.3. The molecule has 0 saturated carbocycles. The van der Waals surface area contributed by atoms with Gasteiger partial charge >= 0.3 is 0 Å². The maximum atomic E-state index is 13.1. The summed E-state index contributed by atoms with van der Waals surface area (Å²) in [5.74, 6) is -2.69. The van der Waals surface area contributed by atoms with Crippen molar-refractivity contribution < 1.29 is 18.3 Å². The number of amides is 1. The zero-order valence-electron chi connectivity index (χ0n) is 14.8. The van der Waals surface area contributed by atoms with Gasteiger partial charge in [-0.3, -0.25) is 9.78 Å². The Morgan fingerprint density at radius 1 is 1.19 bits per heavy atom. The van der Waals surface area contributed by atoms with Crippen LogP contribution in [-0.2, 0) is 0 Å². The Hall–Kier alpha value is -2.68. The quantitative estimate of drug-likeness (QED) is 0.743. The molecular formula is C18H21F2N5O2. The highest BCUT2D eigenvalue weighted by atomic mass is 19.3. The SMILES string of the molecule is NC(=O)c1ccnc(-c2cnc(OCCCN3CCC(F)(F)CC3)cn2)c1. The molecule has 0 radical (unpaired) electrons. The number of primary amides is 1. The number of rotatable bonds is 7. The van der Waals surface area contributed by atoms with Gasteiger partial charge in [-0.15, -0.1) is 0 Å². The molecule has 1 aliphatic heterocycles. The van der Waals surface area contributed by atoms with Gasteiger partial charge < -0.3 is 15.4 Å². The largest absolute Gasteiger partial charge is 0.477 e. The number of piperidine rings is 1. The molecule has 0 unspecified atom stereocenters. The molecule has 0 atom stereocenters. The van der Waals surface area contributed by atoms with Crippen LogP contribution in [-0.4, -0.2) is 57.9 Å². The average Bonchev–Trinajstić information content (AvgIpc) is 2.67. The third kappa shape index (κ3) is 5.40. The number of carbonyl (C=O) groups is 1. The lowest BCUT2D eigenvalue weighted by atomic mass is 10.1. The van der Waals surface area contributed by atoms with Crippen LogP contribution in [0.5, 0.6) is 5.88 Å². The number of ether oxygens (including phenoxy) is 1. The van der Waals surface area contributed by atoms with E-state index in [0.29, 0.717) is 49.1 Å². The molecule has 0 spiro atoms. The van der Waals surface area contributed by atoms with E-state index >= 15 is 0 Å². The van der Waals surface area contributed by atoms with Crippen LogP contribution in [0.2, 0.25) is 0 Å². The molecule has 9 heteroatoms. The lowest BCUT2D eigenvalue weighted by molar-refractivity contribution is -0.0554. The summed E-state index contributed by atoms with van der Waals surface area (Å²) < 4.78 is 31.8. The van der Waals surface area contributed by atoms with Gasteiger partial charge in [-0.2, -0.15) is 0 Å². The molecule has 7 nitrogen and oxygen atoms in total. The van der Waals surface area contributed by atoms with Crippen molar-refractivity contribution in [1.82, 2.24) is 19.9 Å². The number of aromatic nitrogens is 3. The molecule has 1 saturated heterocycles. The monoisotopic (exact) mass is 377 g/mol. The molecule has 3 heterocycles. The van der Waals surface area contributed by atoms with Crippen LogP contribution in [0, 0.1) is 0 Å². The lowest BCUT2D eigenvalue weighted by Crippen LogP contribution is -2.40. The molecule has 2 N–H and O–H groups in total. The molecule has 2 aromatic heterocycles. The number of likely N-dealkylation sites (tertiary alicyclic amines) is 1. The number of pyridine rings is 1. The maximum Gasteiger partial charge on any atom is 0.250 e. The minimum atomic E-state index is -2.52. The van der Waals surface area contributed by atoms with Crippen LogP contribution in [0.25, 0.3) is 11.4 Å². The molecule has 0 aromatic carbocycles. The maximum absolute atomic E-state index is 13.1. The minimum Gasteiger partial charge on any atom is -0.477 e. The first kappa shape index (κ1) is 19.1. The van der Waals surface area contributed by atoms with Crippen LogP contribution in [0.1, 0.15) is 29.6 Å². The fraction of sp³-hybridized carbons (Fsp3) is 0.444. The summed E-state index contributed by atoms with van der Waals surface area (Å²) >= 11 is 0. The van der Waals surface area contributed by atoms with Crippen molar-refractivity contribution in [2.24, 2.45) is 5.73 Å². The Kier molecular flexibility index (Phi) is 5.90. The van der Waals surface area contributed by atoms with Crippen molar-refractivity contribution >= 4 is 5.91 Å². The predicted octanol–water partition coefficient (Wildman–Crippen LogP) is 2.14. The van der Waals surface area contributed by atoms with E-state index in [0.717, 1.165) is 6.42 Å². The fourth-order valence-electron chi connectivity index (χ4n) is 2.82. The van der Waals surface area contributed by atoms with Crippen LogP contribution < -0.4 is 10.5 Å². The van der Waals surface area contributed by atoms with E-state index in [1.165, 1.54) is 24.7 Å². The molecule has 3 rings (SSSR count). The Labute approximate surface area is 155 Å². The van der Waals surface area contributed by atoms with Crippen molar-refractivity contribution in [3.8, 4) is 17.3 Å². The third-order valence-corrected chi connectivity index (χ3v) is 4.39. The molecular weight excluding hydrogens is 356 g/mol. The summed E-state index contributed by atoms with van der Waals surface area (Å²) in [6, 6.07) is 3.08. The Balaban J connectivity index is 1.46. The minimum absolute atomic E-state index is 0.0776. The smallest absolute Gasteiger partial charge is 0.250 e. The second-order valence-corrected chi connectivity index (χ2v) is 6.43. The Morgan fingerprint density at radius 3 is 2.63 bits per heavy atom. The van der Waals surface area contributed by atoms with Crippen molar-refractivity contribution in [3.63, 3.8) is 0 Å². The van der Waals surface area contributed by atoms with Gasteiger partial charge in [0.05, 0.1) is 24.7 Å². The molecule has 144 valence electrons. The first-order chi connectivity index (χ1) is 12.9. The Bertz CT molecular complexity index is 776. The molecule has 0 aliphatic carbocycles. The van der Waals surface area contributed by atoms with Gasteiger partial charge in [0.25, 0.3) is 5.92 Å².